The van der Waals surface area contributed by atoms with Crippen LogP contribution in [0.4, 0.5) is 0 Å². The number of oxazole rings is 1. The molecule has 0 radical (unpaired) electrons. The van der Waals surface area contributed by atoms with E-state index in [1.807, 2.05) is 22.4 Å². The van der Waals surface area contributed by atoms with Crippen LogP contribution in [0.15, 0.2) is 28.2 Å². The number of piperidine rings is 1. The summed E-state index contributed by atoms with van der Waals surface area (Å²) >= 11 is 1.54. The van der Waals surface area contributed by atoms with Gasteiger partial charge in [0.25, 0.3) is 0 Å². The highest BCUT2D eigenvalue weighted by atomic mass is 32.1. The van der Waals surface area contributed by atoms with Crippen LogP contribution in [0.1, 0.15) is 37.8 Å². The van der Waals surface area contributed by atoms with E-state index in [0.29, 0.717) is 24.6 Å². The average Bonchev–Trinajstić information content (AvgIpc) is 3.24. The average molecular weight is 348 g/mol. The molecule has 0 aliphatic carbocycles. The van der Waals surface area contributed by atoms with Crippen molar-refractivity contribution in [2.75, 3.05) is 6.54 Å². The number of carboxylic acids is 1. The third-order valence-electron chi connectivity index (χ3n) is 4.25. The second-order valence-corrected chi connectivity index (χ2v) is 6.91. The summed E-state index contributed by atoms with van der Waals surface area (Å²) < 4.78 is 5.45. The van der Waals surface area contributed by atoms with E-state index in [2.05, 4.69) is 4.98 Å². The Morgan fingerprint density at radius 3 is 3.04 bits per heavy atom. The van der Waals surface area contributed by atoms with Crippen LogP contribution in [-0.4, -0.2) is 39.5 Å². The van der Waals surface area contributed by atoms with E-state index < -0.39 is 5.97 Å². The minimum absolute atomic E-state index is 0.00359. The molecular formula is C17H20N2O4S. The van der Waals surface area contributed by atoms with E-state index in [1.54, 1.807) is 0 Å². The van der Waals surface area contributed by atoms with Crippen LogP contribution in [-0.2, 0) is 16.0 Å². The van der Waals surface area contributed by atoms with E-state index >= 15 is 0 Å². The molecule has 1 saturated heterocycles. The van der Waals surface area contributed by atoms with Gasteiger partial charge >= 0.3 is 5.97 Å². The summed E-state index contributed by atoms with van der Waals surface area (Å²) in [5.74, 6) is -0.282. The summed E-state index contributed by atoms with van der Waals surface area (Å²) in [5.41, 5.74) is 0.617. The monoisotopic (exact) mass is 348 g/mol. The van der Waals surface area contributed by atoms with Crippen molar-refractivity contribution in [1.82, 2.24) is 9.88 Å². The number of thiophene rings is 1. The number of hydrogen-bond acceptors (Lipinski definition) is 5. The molecule has 1 aliphatic heterocycles. The van der Waals surface area contributed by atoms with Crippen molar-refractivity contribution in [2.45, 2.75) is 44.6 Å². The van der Waals surface area contributed by atoms with Gasteiger partial charge in [0, 0.05) is 19.0 Å². The summed E-state index contributed by atoms with van der Waals surface area (Å²) in [5, 5.41) is 10.8. The molecule has 1 atom stereocenters. The molecule has 6 nitrogen and oxygen atoms in total. The van der Waals surface area contributed by atoms with Crippen LogP contribution < -0.4 is 0 Å². The zero-order chi connectivity index (χ0) is 16.9. The lowest BCUT2D eigenvalue weighted by atomic mass is 9.97. The van der Waals surface area contributed by atoms with Crippen molar-refractivity contribution in [3.63, 3.8) is 0 Å². The molecule has 3 heterocycles. The first-order valence-corrected chi connectivity index (χ1v) is 9.01. The Kier molecular flexibility index (Phi) is 5.30. The Bertz CT molecular complexity index is 695. The van der Waals surface area contributed by atoms with Crippen LogP contribution in [0, 0.1) is 0 Å². The molecule has 1 fully saturated rings. The van der Waals surface area contributed by atoms with E-state index in [4.69, 9.17) is 9.52 Å². The van der Waals surface area contributed by atoms with Gasteiger partial charge in [-0.15, -0.1) is 11.3 Å². The minimum atomic E-state index is -0.815. The first-order chi connectivity index (χ1) is 11.6. The van der Waals surface area contributed by atoms with Gasteiger partial charge in [-0.05, 0) is 37.1 Å². The lowest BCUT2D eigenvalue weighted by molar-refractivity contribution is -0.139. The highest BCUT2D eigenvalue weighted by molar-refractivity contribution is 7.13. The molecule has 2 aromatic heterocycles. The second-order valence-electron chi connectivity index (χ2n) is 5.97. The van der Waals surface area contributed by atoms with Gasteiger partial charge in [-0.25, -0.2) is 4.98 Å². The van der Waals surface area contributed by atoms with E-state index in [-0.39, 0.29) is 24.8 Å². The molecule has 7 heteroatoms. The largest absolute Gasteiger partial charge is 0.481 e. The Hall–Kier alpha value is -2.15. The van der Waals surface area contributed by atoms with E-state index in [0.717, 1.165) is 24.1 Å². The Labute approximate surface area is 144 Å². The van der Waals surface area contributed by atoms with Crippen LogP contribution in [0.25, 0.3) is 10.8 Å². The fourth-order valence-electron chi connectivity index (χ4n) is 3.08. The highest BCUT2D eigenvalue weighted by Crippen LogP contribution is 2.25. The van der Waals surface area contributed by atoms with Gasteiger partial charge < -0.3 is 14.4 Å². The third kappa shape index (κ3) is 4.03. The summed E-state index contributed by atoms with van der Waals surface area (Å²) in [6.45, 7) is 0.693. The molecule has 1 aliphatic rings. The maximum atomic E-state index is 12.6. The molecule has 1 amide bonds. The smallest absolute Gasteiger partial charge is 0.303 e. The number of nitrogens with zero attached hydrogens (tertiary/aromatic N) is 2. The normalized spacial score (nSPS) is 17.8. The number of aromatic nitrogens is 1. The second kappa shape index (κ2) is 7.61. The van der Waals surface area contributed by atoms with Gasteiger partial charge in [0.2, 0.25) is 11.8 Å². The zero-order valence-electron chi connectivity index (χ0n) is 13.3. The molecule has 0 spiro atoms. The summed E-state index contributed by atoms with van der Waals surface area (Å²) in [4.78, 5) is 30.6. The number of rotatable bonds is 6. The van der Waals surface area contributed by atoms with Gasteiger partial charge in [-0.3, -0.25) is 9.59 Å². The fourth-order valence-corrected chi connectivity index (χ4v) is 3.73. The Balaban J connectivity index is 1.63. The molecule has 0 saturated carbocycles. The highest BCUT2D eigenvalue weighted by Gasteiger charge is 2.27. The van der Waals surface area contributed by atoms with Gasteiger partial charge in [0.05, 0.1) is 17.0 Å². The van der Waals surface area contributed by atoms with Crippen molar-refractivity contribution in [2.24, 2.45) is 0 Å². The molecule has 3 rings (SSSR count). The standard InChI is InChI=1S/C17H20N2O4S/c20-15(19-8-2-1-4-13(19)6-7-16(21)22)10-12-11-23-17(18-12)14-5-3-9-24-14/h3,5,9,11,13H,1-2,4,6-8,10H2,(H,21,22). The zero-order valence-corrected chi connectivity index (χ0v) is 14.1. The number of carbonyl (C=O) groups excluding carboxylic acids is 1. The predicted octanol–water partition coefficient (Wildman–Crippen LogP) is 3.19. The first kappa shape index (κ1) is 16.7. The fraction of sp³-hybridized carbons (Fsp3) is 0.471. The lowest BCUT2D eigenvalue weighted by Crippen LogP contribution is -2.44. The lowest BCUT2D eigenvalue weighted by Gasteiger charge is -2.35. The predicted molar refractivity (Wildman–Crippen MR) is 89.7 cm³/mol. The van der Waals surface area contributed by atoms with E-state index in [9.17, 15) is 9.59 Å². The molecule has 0 bridgehead atoms. The molecule has 128 valence electrons. The van der Waals surface area contributed by atoms with Crippen molar-refractivity contribution in [3.8, 4) is 10.8 Å². The molecule has 2 aromatic rings. The number of likely N-dealkylation sites (tertiary alicyclic amines) is 1. The molecule has 1 N–H and O–H groups in total. The van der Waals surface area contributed by atoms with Crippen LogP contribution in [0.3, 0.4) is 0 Å². The SMILES string of the molecule is O=C(O)CCC1CCCCN1C(=O)Cc1coc(-c2cccs2)n1. The molecular weight excluding hydrogens is 328 g/mol. The van der Waals surface area contributed by atoms with Gasteiger partial charge in [-0.1, -0.05) is 6.07 Å². The third-order valence-corrected chi connectivity index (χ3v) is 5.11. The molecule has 1 unspecified atom stereocenters. The van der Waals surface area contributed by atoms with Gasteiger partial charge in [-0.2, -0.15) is 0 Å². The van der Waals surface area contributed by atoms with E-state index in [1.165, 1.54) is 17.6 Å². The first-order valence-electron chi connectivity index (χ1n) is 8.13. The molecule has 0 aromatic carbocycles. The van der Waals surface area contributed by atoms with Gasteiger partial charge in [0.1, 0.15) is 6.26 Å². The summed E-state index contributed by atoms with van der Waals surface area (Å²) in [6, 6.07) is 3.87. The number of hydrogen-bond donors (Lipinski definition) is 1. The van der Waals surface area contributed by atoms with Gasteiger partial charge in [0.15, 0.2) is 0 Å². The van der Waals surface area contributed by atoms with Crippen molar-refractivity contribution >= 4 is 23.2 Å². The van der Waals surface area contributed by atoms with Crippen molar-refractivity contribution in [1.29, 1.82) is 0 Å². The Morgan fingerprint density at radius 2 is 2.29 bits per heavy atom. The number of carbonyl (C=O) groups is 2. The Morgan fingerprint density at radius 1 is 1.42 bits per heavy atom. The van der Waals surface area contributed by atoms with Crippen molar-refractivity contribution in [3.05, 3.63) is 29.5 Å². The molecule has 24 heavy (non-hydrogen) atoms. The van der Waals surface area contributed by atoms with Crippen LogP contribution in [0.5, 0.6) is 0 Å². The topological polar surface area (TPSA) is 83.6 Å². The maximum absolute atomic E-state index is 12.6. The maximum Gasteiger partial charge on any atom is 0.303 e. The van der Waals surface area contributed by atoms with Crippen LogP contribution in [0.2, 0.25) is 0 Å². The minimum Gasteiger partial charge on any atom is -0.481 e. The summed E-state index contributed by atoms with van der Waals surface area (Å²) in [6.07, 6.45) is 5.22. The number of aliphatic carboxylic acids is 1. The number of carboxylic acid groups (broad SMARTS) is 1. The van der Waals surface area contributed by atoms with Crippen molar-refractivity contribution < 1.29 is 19.1 Å². The quantitative estimate of drug-likeness (QED) is 0.867. The number of amides is 1. The summed E-state index contributed by atoms with van der Waals surface area (Å²) in [7, 11) is 0. The van der Waals surface area contributed by atoms with Crippen LogP contribution >= 0.6 is 11.3 Å².